The fraction of sp³-hybridized carbons (Fsp3) is 1.00. The van der Waals surface area contributed by atoms with E-state index in [0.717, 1.165) is 0 Å². The van der Waals surface area contributed by atoms with Gasteiger partial charge in [-0.15, -0.1) is 0 Å². The summed E-state index contributed by atoms with van der Waals surface area (Å²) in [5, 5.41) is 0. The predicted octanol–water partition coefficient (Wildman–Crippen LogP) is 4.69. The molecule has 2 heteroatoms. The first-order chi connectivity index (χ1) is 6.12. The van der Waals surface area contributed by atoms with Gasteiger partial charge in [0.15, 0.2) is 0 Å². The van der Waals surface area contributed by atoms with Gasteiger partial charge in [-0.2, -0.15) is 0 Å². The van der Waals surface area contributed by atoms with E-state index < -0.39 is 3.59 Å². The number of hydrogen-bond acceptors (Lipinski definition) is 0. The van der Waals surface area contributed by atoms with Gasteiger partial charge in [-0.25, -0.2) is 0 Å². The minimum atomic E-state index is -0.537. The normalized spacial score (nSPS) is 11.4. The molecule has 0 aliphatic heterocycles. The van der Waals surface area contributed by atoms with Crippen LogP contribution in [0.1, 0.15) is 46.0 Å². The van der Waals surface area contributed by atoms with Crippen LogP contribution in [-0.2, 0) is 0 Å². The number of unbranched alkanes of at least 4 members (excludes halogenated alkanes) is 4. The number of rotatable bonds is 8. The van der Waals surface area contributed by atoms with Crippen molar-refractivity contribution < 1.29 is 30.8 Å². The standard InChI is InChI=1S/C7H15.C4H11Si.La/c1-3-5-7-6-4-2;1-4-5(2)3;/h1,3-7H2,2H3;4H2,1-3H3;. The van der Waals surface area contributed by atoms with Gasteiger partial charge in [-0.3, -0.25) is 0 Å². The molecule has 0 spiro atoms. The monoisotopic (exact) mass is 325 g/mol. The van der Waals surface area contributed by atoms with Crippen molar-refractivity contribution in [3.63, 3.8) is 0 Å². The summed E-state index contributed by atoms with van der Waals surface area (Å²) in [6.07, 6.45) is 7.45. The molecule has 77 valence electrons. The Morgan fingerprint density at radius 3 is 2.08 bits per heavy atom. The van der Waals surface area contributed by atoms with Crippen LogP contribution in [0.15, 0.2) is 0 Å². The molecule has 0 aromatic rings. The van der Waals surface area contributed by atoms with Crippen LogP contribution in [-0.4, -0.2) is 3.59 Å². The quantitative estimate of drug-likeness (QED) is 0.449. The van der Waals surface area contributed by atoms with Crippen LogP contribution < -0.4 is 0 Å². The summed E-state index contributed by atoms with van der Waals surface area (Å²) in [7, 11) is 0. The first-order valence-corrected chi connectivity index (χ1v) is 17.3. The summed E-state index contributed by atoms with van der Waals surface area (Å²) in [4.78, 5) is 0. The third kappa shape index (κ3) is 9.71. The van der Waals surface area contributed by atoms with Crippen molar-refractivity contribution in [1.82, 2.24) is 0 Å². The SMILES string of the molecule is CCCCCC[CH2][La][Si](C)(C)CC. The molecule has 0 bridgehead atoms. The molecule has 0 aromatic heterocycles. The molecular weight excluding hydrogens is 299 g/mol. The molecule has 0 saturated carbocycles. The Kier molecular flexibility index (Phi) is 9.64. The summed E-state index contributed by atoms with van der Waals surface area (Å²) in [5.74, 6) is 0. The summed E-state index contributed by atoms with van der Waals surface area (Å²) < 4.78 is 1.17. The molecule has 0 aliphatic rings. The third-order valence-electron chi connectivity index (χ3n) is 2.92. The van der Waals surface area contributed by atoms with Crippen LogP contribution in [0, 0.1) is 30.8 Å². The van der Waals surface area contributed by atoms with Crippen molar-refractivity contribution in [3.05, 3.63) is 0 Å². The molecule has 0 N–H and O–H groups in total. The molecule has 0 rings (SSSR count). The maximum atomic E-state index is 2.62. The zero-order valence-corrected chi connectivity index (χ0v) is 14.7. The molecule has 0 radical (unpaired) electrons. The third-order valence-corrected chi connectivity index (χ3v) is 24.4. The Morgan fingerprint density at radius 1 is 0.923 bits per heavy atom. The van der Waals surface area contributed by atoms with E-state index >= 15 is 0 Å². The molecule has 0 nitrogen and oxygen atoms in total. The predicted molar refractivity (Wildman–Crippen MR) is 61.5 cm³/mol. The van der Waals surface area contributed by atoms with Gasteiger partial charge in [0.2, 0.25) is 0 Å². The molecule has 0 aromatic carbocycles. The average Bonchev–Trinajstić information content (AvgIpc) is 2.11. The van der Waals surface area contributed by atoms with Gasteiger partial charge >= 0.3 is 102 Å². The van der Waals surface area contributed by atoms with Crippen LogP contribution in [0.3, 0.4) is 0 Å². The van der Waals surface area contributed by atoms with Crippen LogP contribution in [0.4, 0.5) is 0 Å². The first-order valence-electron chi connectivity index (χ1n) is 5.96. The number of hydrogen-bond donors (Lipinski definition) is 0. The summed E-state index contributed by atoms with van der Waals surface area (Å²) >= 11 is -0.260. The van der Waals surface area contributed by atoms with Gasteiger partial charge in [0, 0.05) is 0 Å². The van der Waals surface area contributed by atoms with Crippen molar-refractivity contribution in [2.45, 2.75) is 67.9 Å². The van der Waals surface area contributed by atoms with Crippen molar-refractivity contribution in [1.29, 1.82) is 0 Å². The van der Waals surface area contributed by atoms with E-state index in [0.29, 0.717) is 0 Å². The first kappa shape index (κ1) is 14.4. The molecule has 0 unspecified atom stereocenters. The average molecular weight is 325 g/mol. The van der Waals surface area contributed by atoms with Gasteiger partial charge in [-0.1, -0.05) is 0 Å². The van der Waals surface area contributed by atoms with Gasteiger partial charge in [0.05, 0.1) is 0 Å². The molecule has 13 heavy (non-hydrogen) atoms. The fourth-order valence-electron chi connectivity index (χ4n) is 1.39. The van der Waals surface area contributed by atoms with Crippen molar-refractivity contribution in [3.8, 4) is 0 Å². The molecule has 0 saturated heterocycles. The molecule has 0 amide bonds. The van der Waals surface area contributed by atoms with Crippen LogP contribution in [0.25, 0.3) is 0 Å². The van der Waals surface area contributed by atoms with Gasteiger partial charge < -0.3 is 0 Å². The summed E-state index contributed by atoms with van der Waals surface area (Å²) in [5.41, 5.74) is 0. The summed E-state index contributed by atoms with van der Waals surface area (Å²) in [6.45, 7) is 9.95. The molecule has 0 fully saturated rings. The van der Waals surface area contributed by atoms with E-state index in [2.05, 4.69) is 26.9 Å². The molecule has 0 aliphatic carbocycles. The van der Waals surface area contributed by atoms with Gasteiger partial charge in [0.25, 0.3) is 0 Å². The van der Waals surface area contributed by atoms with E-state index in [1.807, 2.05) is 0 Å². The van der Waals surface area contributed by atoms with E-state index in [-0.39, 0.29) is 30.8 Å². The Hall–Kier alpha value is 1.41. The Balaban J connectivity index is 3.16. The Bertz CT molecular complexity index is 113. The van der Waals surface area contributed by atoms with Crippen LogP contribution in [0.5, 0.6) is 0 Å². The van der Waals surface area contributed by atoms with Crippen molar-refractivity contribution in [2.75, 3.05) is 0 Å². The maximum absolute atomic E-state index is 2.62. The zero-order valence-electron chi connectivity index (χ0n) is 10.0. The Morgan fingerprint density at radius 2 is 1.54 bits per heavy atom. The topological polar surface area (TPSA) is 0 Å². The van der Waals surface area contributed by atoms with Gasteiger partial charge in [0.1, 0.15) is 0 Å². The zero-order chi connectivity index (χ0) is 10.2. The second-order valence-electron chi connectivity index (χ2n) is 4.75. The van der Waals surface area contributed by atoms with E-state index in [1.165, 1.54) is 25.7 Å². The van der Waals surface area contributed by atoms with E-state index in [1.54, 1.807) is 15.3 Å². The second kappa shape index (κ2) is 8.70. The van der Waals surface area contributed by atoms with Crippen LogP contribution >= 0.6 is 0 Å². The van der Waals surface area contributed by atoms with E-state index in [9.17, 15) is 0 Å². The van der Waals surface area contributed by atoms with Gasteiger partial charge in [-0.05, 0) is 0 Å². The molecular formula is C11H26LaSi. The minimum absolute atomic E-state index is 0.260. The fourth-order valence-corrected chi connectivity index (χ4v) is 15.6. The molecule has 0 atom stereocenters. The van der Waals surface area contributed by atoms with Crippen molar-refractivity contribution >= 4 is 3.59 Å². The molecule has 0 heterocycles. The van der Waals surface area contributed by atoms with E-state index in [4.69, 9.17) is 0 Å². The summed E-state index contributed by atoms with van der Waals surface area (Å²) in [6, 6.07) is 1.55. The van der Waals surface area contributed by atoms with Crippen molar-refractivity contribution in [2.24, 2.45) is 0 Å². The Labute approximate surface area is 101 Å². The van der Waals surface area contributed by atoms with Crippen LogP contribution in [0.2, 0.25) is 22.0 Å². The second-order valence-corrected chi connectivity index (χ2v) is 30.2.